The van der Waals surface area contributed by atoms with Crippen molar-refractivity contribution in [2.45, 2.75) is 25.4 Å². The number of carbonyl (C=O) groups excluding carboxylic acids is 1. The monoisotopic (exact) mass is 446 g/mol. The first-order valence-corrected chi connectivity index (χ1v) is 9.51. The number of aromatic nitrogens is 2. The molecule has 1 heterocycles. The minimum atomic E-state index is -4.55. The number of methoxy groups -OCH3 is 2. The highest BCUT2D eigenvalue weighted by Crippen LogP contribution is 2.34. The van der Waals surface area contributed by atoms with Crippen LogP contribution in [0.1, 0.15) is 29.8 Å². The molecule has 0 bridgehead atoms. The van der Waals surface area contributed by atoms with Crippen LogP contribution in [0.15, 0.2) is 36.7 Å². The number of benzene rings is 2. The lowest BCUT2D eigenvalue weighted by atomic mass is 9.86. The highest BCUT2D eigenvalue weighted by molar-refractivity contribution is 6.00. The minimum absolute atomic E-state index is 0.0445. The summed E-state index contributed by atoms with van der Waals surface area (Å²) >= 11 is 0. The first-order valence-electron chi connectivity index (χ1n) is 9.51. The van der Waals surface area contributed by atoms with Gasteiger partial charge >= 0.3 is 6.18 Å². The number of alkyl halides is 3. The van der Waals surface area contributed by atoms with E-state index in [4.69, 9.17) is 9.47 Å². The number of amides is 1. The third-order valence-corrected chi connectivity index (χ3v) is 4.99. The number of fused-ring (bicyclic) bond motifs is 1. The van der Waals surface area contributed by atoms with E-state index in [2.05, 4.69) is 11.1 Å². The largest absolute Gasteiger partial charge is 0.496 e. The summed E-state index contributed by atoms with van der Waals surface area (Å²) in [5.74, 6) is -0.882. The van der Waals surface area contributed by atoms with Crippen molar-refractivity contribution in [3.05, 3.63) is 47.8 Å². The van der Waals surface area contributed by atoms with Crippen LogP contribution < -0.4 is 14.8 Å². The molecule has 3 aromatic rings. The Bertz CT molecular complexity index is 1180. The number of hydrogen-bond acceptors (Lipinski definition) is 5. The number of carbonyl (C=O) groups is 1. The minimum Gasteiger partial charge on any atom is -0.496 e. The second-order valence-corrected chi connectivity index (χ2v) is 7.58. The zero-order valence-corrected chi connectivity index (χ0v) is 17.9. The molecule has 10 heteroatoms. The SMILES string of the molecule is COc1cc(-n2cnc3cc(C(C)(C)C#N)ccc32)cc(OC)c1C(=O)NCC(F)(F)F. The molecule has 0 fully saturated rings. The van der Waals surface area contributed by atoms with Crippen molar-refractivity contribution in [2.75, 3.05) is 20.8 Å². The van der Waals surface area contributed by atoms with E-state index in [-0.39, 0.29) is 17.1 Å². The van der Waals surface area contributed by atoms with E-state index in [0.29, 0.717) is 11.2 Å². The third kappa shape index (κ3) is 4.46. The highest BCUT2D eigenvalue weighted by Gasteiger charge is 2.30. The van der Waals surface area contributed by atoms with Crippen LogP contribution in [0, 0.1) is 11.3 Å². The summed E-state index contributed by atoms with van der Waals surface area (Å²) in [5, 5.41) is 11.2. The standard InChI is InChI=1S/C22H21F3N4O3/c1-21(2,10-26)13-5-6-16-15(7-13)28-12-29(16)14-8-17(31-3)19(18(9-14)32-4)20(30)27-11-22(23,24)25/h5-9,12H,11H2,1-4H3,(H,27,30). The number of rotatable bonds is 6. The first-order chi connectivity index (χ1) is 15.0. The molecule has 0 radical (unpaired) electrons. The normalized spacial score (nSPS) is 11.8. The molecule has 2 aromatic carbocycles. The van der Waals surface area contributed by atoms with Gasteiger partial charge in [-0.2, -0.15) is 18.4 Å². The fourth-order valence-corrected chi connectivity index (χ4v) is 3.20. The van der Waals surface area contributed by atoms with Crippen LogP contribution in [0.4, 0.5) is 13.2 Å². The number of nitrogens with zero attached hydrogens (tertiary/aromatic N) is 3. The fourth-order valence-electron chi connectivity index (χ4n) is 3.20. The molecule has 1 amide bonds. The average molecular weight is 446 g/mol. The molecule has 0 aliphatic carbocycles. The Kier molecular flexibility index (Phi) is 6.03. The molecule has 0 spiro atoms. The maximum Gasteiger partial charge on any atom is 0.405 e. The van der Waals surface area contributed by atoms with Crippen LogP contribution in [-0.2, 0) is 5.41 Å². The van der Waals surface area contributed by atoms with Crippen molar-refractivity contribution >= 4 is 16.9 Å². The molecule has 7 nitrogen and oxygen atoms in total. The predicted octanol–water partition coefficient (Wildman–Crippen LogP) is 4.14. The van der Waals surface area contributed by atoms with Crippen molar-refractivity contribution in [2.24, 2.45) is 0 Å². The van der Waals surface area contributed by atoms with E-state index in [0.717, 1.165) is 11.1 Å². The second kappa shape index (κ2) is 8.42. The van der Waals surface area contributed by atoms with E-state index in [9.17, 15) is 23.2 Å². The molecule has 0 saturated heterocycles. The summed E-state index contributed by atoms with van der Waals surface area (Å²) < 4.78 is 49.8. The Hall–Kier alpha value is -3.74. The van der Waals surface area contributed by atoms with Crippen LogP contribution in [0.3, 0.4) is 0 Å². The lowest BCUT2D eigenvalue weighted by Crippen LogP contribution is -2.34. The van der Waals surface area contributed by atoms with Crippen molar-refractivity contribution in [1.29, 1.82) is 5.26 Å². The molecular formula is C22H21F3N4O3. The lowest BCUT2D eigenvalue weighted by molar-refractivity contribution is -0.123. The lowest BCUT2D eigenvalue weighted by Gasteiger charge is -2.17. The maximum atomic E-state index is 12.5. The Morgan fingerprint density at radius 1 is 1.16 bits per heavy atom. The van der Waals surface area contributed by atoms with E-state index in [1.54, 1.807) is 10.9 Å². The number of ether oxygens (including phenoxy) is 2. The van der Waals surface area contributed by atoms with Gasteiger partial charge in [0, 0.05) is 12.1 Å². The van der Waals surface area contributed by atoms with Gasteiger partial charge in [0.15, 0.2) is 0 Å². The Balaban J connectivity index is 2.07. The van der Waals surface area contributed by atoms with E-state index in [1.807, 2.05) is 37.4 Å². The topological polar surface area (TPSA) is 89.2 Å². The summed E-state index contributed by atoms with van der Waals surface area (Å²) in [6, 6.07) is 10.7. The molecule has 0 saturated carbocycles. The molecule has 1 N–H and O–H groups in total. The van der Waals surface area contributed by atoms with Crippen molar-refractivity contribution in [3.63, 3.8) is 0 Å². The van der Waals surface area contributed by atoms with Crippen molar-refractivity contribution < 1.29 is 27.4 Å². The highest BCUT2D eigenvalue weighted by atomic mass is 19.4. The molecule has 0 unspecified atom stereocenters. The molecule has 1 aromatic heterocycles. The van der Waals surface area contributed by atoms with Gasteiger partial charge in [-0.05, 0) is 31.5 Å². The molecular weight excluding hydrogens is 425 g/mol. The predicted molar refractivity (Wildman–Crippen MR) is 111 cm³/mol. The van der Waals surface area contributed by atoms with Crippen LogP contribution in [0.25, 0.3) is 16.7 Å². The van der Waals surface area contributed by atoms with Crippen LogP contribution in [-0.4, -0.2) is 42.4 Å². The zero-order valence-electron chi connectivity index (χ0n) is 17.9. The molecule has 0 aliphatic rings. The zero-order chi connectivity index (χ0) is 23.7. The molecule has 168 valence electrons. The van der Waals surface area contributed by atoms with Gasteiger partial charge < -0.3 is 14.8 Å². The third-order valence-electron chi connectivity index (χ3n) is 4.99. The van der Waals surface area contributed by atoms with Crippen LogP contribution in [0.2, 0.25) is 0 Å². The number of nitriles is 1. The maximum absolute atomic E-state index is 12.5. The summed E-state index contributed by atoms with van der Waals surface area (Å²) in [7, 11) is 2.61. The van der Waals surface area contributed by atoms with E-state index in [1.165, 1.54) is 26.4 Å². The Morgan fingerprint density at radius 2 is 1.78 bits per heavy atom. The Labute approximate surface area is 182 Å². The van der Waals surface area contributed by atoms with E-state index < -0.39 is 24.0 Å². The molecule has 0 atom stereocenters. The van der Waals surface area contributed by atoms with Crippen LogP contribution >= 0.6 is 0 Å². The first kappa shape index (κ1) is 22.9. The number of imidazole rings is 1. The van der Waals surface area contributed by atoms with Gasteiger partial charge in [-0.3, -0.25) is 9.36 Å². The second-order valence-electron chi connectivity index (χ2n) is 7.58. The summed E-state index contributed by atoms with van der Waals surface area (Å²) in [6.07, 6.45) is -2.99. The number of hydrogen-bond donors (Lipinski definition) is 1. The Morgan fingerprint density at radius 3 is 2.31 bits per heavy atom. The fraction of sp³-hybridized carbons (Fsp3) is 0.318. The van der Waals surface area contributed by atoms with E-state index >= 15 is 0 Å². The van der Waals surface area contributed by atoms with Gasteiger partial charge in [-0.25, -0.2) is 4.98 Å². The number of nitrogens with one attached hydrogen (secondary N) is 1. The van der Waals surface area contributed by atoms with Crippen molar-refractivity contribution in [3.8, 4) is 23.3 Å². The van der Waals surface area contributed by atoms with Gasteiger partial charge in [-0.1, -0.05) is 6.07 Å². The van der Waals surface area contributed by atoms with Crippen LogP contribution in [0.5, 0.6) is 11.5 Å². The number of halogens is 3. The van der Waals surface area contributed by atoms with Gasteiger partial charge in [0.1, 0.15) is 29.9 Å². The van der Waals surface area contributed by atoms with Gasteiger partial charge in [-0.15, -0.1) is 0 Å². The van der Waals surface area contributed by atoms with Gasteiger partial charge in [0.05, 0.1) is 42.4 Å². The molecule has 32 heavy (non-hydrogen) atoms. The smallest absolute Gasteiger partial charge is 0.405 e. The summed E-state index contributed by atoms with van der Waals surface area (Å²) in [4.78, 5) is 16.8. The van der Waals surface area contributed by atoms with Gasteiger partial charge in [0.25, 0.3) is 5.91 Å². The summed E-state index contributed by atoms with van der Waals surface area (Å²) in [6.45, 7) is 2.14. The molecule has 3 rings (SSSR count). The van der Waals surface area contributed by atoms with Gasteiger partial charge in [0.2, 0.25) is 0 Å². The summed E-state index contributed by atoms with van der Waals surface area (Å²) in [5.41, 5.74) is 1.88. The average Bonchev–Trinajstić information content (AvgIpc) is 3.19. The van der Waals surface area contributed by atoms with Crippen molar-refractivity contribution in [1.82, 2.24) is 14.9 Å². The molecule has 0 aliphatic heterocycles. The quantitative estimate of drug-likeness (QED) is 0.615.